The molecule has 1 fully saturated rings. The number of nitrogens with zero attached hydrogens (tertiary/aromatic N) is 5. The lowest BCUT2D eigenvalue weighted by Gasteiger charge is -2.30. The van der Waals surface area contributed by atoms with Crippen LogP contribution in [0.5, 0.6) is 0 Å². The van der Waals surface area contributed by atoms with E-state index in [0.29, 0.717) is 11.5 Å². The van der Waals surface area contributed by atoms with E-state index < -0.39 is 0 Å². The molecule has 0 radical (unpaired) electrons. The van der Waals surface area contributed by atoms with E-state index in [1.165, 1.54) is 6.20 Å². The summed E-state index contributed by atoms with van der Waals surface area (Å²) in [5.41, 5.74) is 2.60. The highest BCUT2D eigenvalue weighted by Crippen LogP contribution is 2.29. The zero-order valence-corrected chi connectivity index (χ0v) is 14.7. The molecule has 2 aliphatic carbocycles. The second kappa shape index (κ2) is 7.24. The summed E-state index contributed by atoms with van der Waals surface area (Å²) >= 11 is 0. The molecule has 2 aromatic heterocycles. The van der Waals surface area contributed by atoms with Crippen LogP contribution in [0.15, 0.2) is 23.3 Å². The van der Waals surface area contributed by atoms with E-state index in [4.69, 9.17) is 10.4 Å². The van der Waals surface area contributed by atoms with Crippen molar-refractivity contribution in [2.45, 2.75) is 63.5 Å². The number of hydrogen-bond donors (Lipinski definition) is 1. The Bertz CT molecular complexity index is 892. The number of nitrogens with one attached hydrogen (secondary N) is 1. The fraction of sp³-hybridized carbons (Fsp3) is 0.526. The van der Waals surface area contributed by atoms with Gasteiger partial charge in [-0.2, -0.15) is 10.4 Å². The molecule has 7 nitrogen and oxygen atoms in total. The molecule has 26 heavy (non-hydrogen) atoms. The second-order valence-corrected chi connectivity index (χ2v) is 7.12. The van der Waals surface area contributed by atoms with Crippen LogP contribution in [0.1, 0.15) is 61.5 Å². The average molecular weight is 350 g/mol. The summed E-state index contributed by atoms with van der Waals surface area (Å²) in [5, 5.41) is 17.2. The van der Waals surface area contributed by atoms with E-state index in [-0.39, 0.29) is 17.6 Å². The van der Waals surface area contributed by atoms with Gasteiger partial charge in [0.2, 0.25) is 0 Å². The molecule has 1 N–H and O–H groups in total. The van der Waals surface area contributed by atoms with Crippen LogP contribution in [0.25, 0.3) is 0 Å². The first-order valence-corrected chi connectivity index (χ1v) is 9.34. The van der Waals surface area contributed by atoms with Gasteiger partial charge in [-0.05, 0) is 56.9 Å². The van der Waals surface area contributed by atoms with E-state index in [1.807, 2.05) is 0 Å². The van der Waals surface area contributed by atoms with E-state index in [0.717, 1.165) is 62.6 Å². The Morgan fingerprint density at radius 2 is 1.88 bits per heavy atom. The summed E-state index contributed by atoms with van der Waals surface area (Å²) in [6.07, 6.45) is 11.0. The first-order valence-electron chi connectivity index (χ1n) is 9.34. The Morgan fingerprint density at radius 1 is 1.12 bits per heavy atom. The molecule has 2 heterocycles. The van der Waals surface area contributed by atoms with E-state index >= 15 is 0 Å². The number of nitriles is 1. The van der Waals surface area contributed by atoms with Gasteiger partial charge in [0.15, 0.2) is 11.5 Å². The first-order chi connectivity index (χ1) is 12.7. The van der Waals surface area contributed by atoms with Gasteiger partial charge in [-0.15, -0.1) is 0 Å². The molecular weight excluding hydrogens is 328 g/mol. The standard InChI is InChI=1S/C19H22N6O/c20-12-17-19(22-10-9-21-17)23-14-5-7-15(8-6-14)25-18(26)11-13-3-1-2-4-16(13)24-25/h9-11,14-15H,1-8H2,(H,22,23). The first kappa shape index (κ1) is 16.7. The van der Waals surface area contributed by atoms with Gasteiger partial charge in [0.1, 0.15) is 6.07 Å². The number of hydrogen-bond acceptors (Lipinski definition) is 6. The monoisotopic (exact) mass is 350 g/mol. The number of aryl methyl sites for hydroxylation is 2. The molecule has 0 atom stereocenters. The third-order valence-electron chi connectivity index (χ3n) is 5.42. The molecule has 7 heteroatoms. The number of aromatic nitrogens is 4. The van der Waals surface area contributed by atoms with Crippen LogP contribution in [-0.2, 0) is 12.8 Å². The maximum absolute atomic E-state index is 12.5. The molecule has 0 aliphatic heterocycles. The van der Waals surface area contributed by atoms with E-state index in [2.05, 4.69) is 21.4 Å². The van der Waals surface area contributed by atoms with E-state index in [1.54, 1.807) is 16.9 Å². The van der Waals surface area contributed by atoms with Gasteiger partial charge < -0.3 is 5.32 Å². The molecule has 1 saturated carbocycles. The highest BCUT2D eigenvalue weighted by atomic mass is 16.1. The Balaban J connectivity index is 1.44. The largest absolute Gasteiger partial charge is 0.365 e. The Morgan fingerprint density at radius 3 is 2.69 bits per heavy atom. The van der Waals surface area contributed by atoms with Crippen LogP contribution in [0.2, 0.25) is 0 Å². The predicted molar refractivity (Wildman–Crippen MR) is 96.8 cm³/mol. The second-order valence-electron chi connectivity index (χ2n) is 7.12. The maximum atomic E-state index is 12.5. The van der Waals surface area contributed by atoms with Crippen molar-refractivity contribution in [2.75, 3.05) is 5.32 Å². The van der Waals surface area contributed by atoms with Gasteiger partial charge in [0.05, 0.1) is 11.7 Å². The highest BCUT2D eigenvalue weighted by Gasteiger charge is 2.25. The lowest BCUT2D eigenvalue weighted by atomic mass is 9.91. The minimum atomic E-state index is 0.0303. The molecule has 4 rings (SSSR count). The highest BCUT2D eigenvalue weighted by molar-refractivity contribution is 5.47. The van der Waals surface area contributed by atoms with Crippen LogP contribution in [0.4, 0.5) is 5.82 Å². The zero-order valence-electron chi connectivity index (χ0n) is 14.7. The molecule has 0 bridgehead atoms. The van der Waals surface area contributed by atoms with Crippen molar-refractivity contribution in [3.63, 3.8) is 0 Å². The SMILES string of the molecule is N#Cc1nccnc1NC1CCC(n2nc3c(cc2=O)CCCC3)CC1. The summed E-state index contributed by atoms with van der Waals surface area (Å²) in [5.74, 6) is 0.544. The summed E-state index contributed by atoms with van der Waals surface area (Å²) in [4.78, 5) is 20.7. The summed E-state index contributed by atoms with van der Waals surface area (Å²) in [7, 11) is 0. The van der Waals surface area contributed by atoms with Crippen LogP contribution in [0.3, 0.4) is 0 Å². The maximum Gasteiger partial charge on any atom is 0.267 e. The fourth-order valence-electron chi connectivity index (χ4n) is 4.02. The van der Waals surface area contributed by atoms with Crippen molar-refractivity contribution >= 4 is 5.82 Å². The lowest BCUT2D eigenvalue weighted by Crippen LogP contribution is -2.34. The molecule has 0 spiro atoms. The fourth-order valence-corrected chi connectivity index (χ4v) is 4.02. The molecule has 134 valence electrons. The Hall–Kier alpha value is -2.75. The number of fused-ring (bicyclic) bond motifs is 1. The van der Waals surface area contributed by atoms with Crippen molar-refractivity contribution in [3.8, 4) is 6.07 Å². The Labute approximate surface area is 152 Å². The number of rotatable bonds is 3. The Kier molecular flexibility index (Phi) is 4.65. The molecule has 2 aliphatic rings. The van der Waals surface area contributed by atoms with Gasteiger partial charge in [-0.1, -0.05) is 0 Å². The average Bonchev–Trinajstić information content (AvgIpc) is 2.68. The molecule has 0 saturated heterocycles. The molecule has 0 aromatic carbocycles. The van der Waals surface area contributed by atoms with Gasteiger partial charge in [0, 0.05) is 24.5 Å². The van der Waals surface area contributed by atoms with Gasteiger partial charge in [-0.25, -0.2) is 14.6 Å². The number of anilines is 1. The normalized spacial score (nSPS) is 22.3. The van der Waals surface area contributed by atoms with Crippen molar-refractivity contribution in [3.05, 3.63) is 45.8 Å². The minimum Gasteiger partial charge on any atom is -0.365 e. The van der Waals surface area contributed by atoms with Crippen molar-refractivity contribution in [1.29, 1.82) is 5.26 Å². The zero-order chi connectivity index (χ0) is 17.9. The van der Waals surface area contributed by atoms with Crippen LogP contribution < -0.4 is 10.9 Å². The van der Waals surface area contributed by atoms with Gasteiger partial charge in [0.25, 0.3) is 5.56 Å². The molecule has 2 aromatic rings. The van der Waals surface area contributed by atoms with Crippen LogP contribution in [-0.4, -0.2) is 25.8 Å². The molecule has 0 amide bonds. The predicted octanol–water partition coefficient (Wildman–Crippen LogP) is 2.38. The quantitative estimate of drug-likeness (QED) is 0.913. The van der Waals surface area contributed by atoms with Crippen molar-refractivity contribution in [2.24, 2.45) is 0 Å². The summed E-state index contributed by atoms with van der Waals surface area (Å²) in [6.45, 7) is 0. The van der Waals surface area contributed by atoms with Crippen molar-refractivity contribution < 1.29 is 0 Å². The van der Waals surface area contributed by atoms with Crippen LogP contribution in [0, 0.1) is 11.3 Å². The summed E-state index contributed by atoms with van der Waals surface area (Å²) < 4.78 is 1.71. The van der Waals surface area contributed by atoms with Crippen LogP contribution >= 0.6 is 0 Å². The molecule has 0 unspecified atom stereocenters. The third kappa shape index (κ3) is 3.32. The van der Waals surface area contributed by atoms with Crippen molar-refractivity contribution in [1.82, 2.24) is 19.7 Å². The minimum absolute atomic E-state index is 0.0303. The van der Waals surface area contributed by atoms with Gasteiger partial charge in [-0.3, -0.25) is 4.79 Å². The van der Waals surface area contributed by atoms with Gasteiger partial charge >= 0.3 is 0 Å². The van der Waals surface area contributed by atoms with E-state index in [9.17, 15) is 4.79 Å². The third-order valence-corrected chi connectivity index (χ3v) is 5.42. The molecular formula is C19H22N6O. The lowest BCUT2D eigenvalue weighted by molar-refractivity contribution is 0.300. The summed E-state index contributed by atoms with van der Waals surface area (Å²) in [6, 6.07) is 4.26. The topological polar surface area (TPSA) is 96.5 Å². The smallest absolute Gasteiger partial charge is 0.267 e.